The SMILES string of the molecule is CCOP(=O)(CN1CCN(C(=O)OC(C)C)CC1)OCC. The van der Waals surface area contributed by atoms with E-state index in [-0.39, 0.29) is 18.5 Å². The number of carbonyl (C=O) groups excluding carboxylic acids is 1. The number of rotatable bonds is 7. The summed E-state index contributed by atoms with van der Waals surface area (Å²) in [7, 11) is -3.06. The first kappa shape index (κ1) is 18.4. The minimum Gasteiger partial charge on any atom is -0.447 e. The van der Waals surface area contributed by atoms with Gasteiger partial charge in [-0.15, -0.1) is 0 Å². The van der Waals surface area contributed by atoms with E-state index in [4.69, 9.17) is 13.8 Å². The first-order valence-electron chi connectivity index (χ1n) is 7.46. The van der Waals surface area contributed by atoms with Crippen LogP contribution in [0, 0.1) is 0 Å². The molecule has 0 unspecified atom stereocenters. The van der Waals surface area contributed by atoms with Crippen molar-refractivity contribution in [3.63, 3.8) is 0 Å². The first-order valence-corrected chi connectivity index (χ1v) is 9.19. The van der Waals surface area contributed by atoms with Crippen molar-refractivity contribution in [2.45, 2.75) is 33.8 Å². The summed E-state index contributed by atoms with van der Waals surface area (Å²) in [5.74, 6) is 0. The van der Waals surface area contributed by atoms with E-state index in [9.17, 15) is 9.36 Å². The van der Waals surface area contributed by atoms with Gasteiger partial charge in [0.2, 0.25) is 0 Å². The number of amides is 1. The van der Waals surface area contributed by atoms with Gasteiger partial charge in [0.25, 0.3) is 0 Å². The molecule has 1 saturated heterocycles. The average molecular weight is 322 g/mol. The van der Waals surface area contributed by atoms with Crippen LogP contribution in [0.15, 0.2) is 0 Å². The van der Waals surface area contributed by atoms with Crippen molar-refractivity contribution >= 4 is 13.7 Å². The van der Waals surface area contributed by atoms with Crippen molar-refractivity contribution in [1.82, 2.24) is 9.80 Å². The molecule has 124 valence electrons. The lowest BCUT2D eigenvalue weighted by atomic mass is 10.3. The highest BCUT2D eigenvalue weighted by atomic mass is 31.2. The third kappa shape index (κ3) is 6.34. The van der Waals surface area contributed by atoms with E-state index in [0.717, 1.165) is 0 Å². The van der Waals surface area contributed by atoms with Gasteiger partial charge in [-0.2, -0.15) is 0 Å². The molecular formula is C13H27N2O5P. The van der Waals surface area contributed by atoms with Gasteiger partial charge in [0, 0.05) is 26.2 Å². The number of carbonyl (C=O) groups is 1. The smallest absolute Gasteiger partial charge is 0.410 e. The van der Waals surface area contributed by atoms with Gasteiger partial charge in [0.1, 0.15) is 6.29 Å². The lowest BCUT2D eigenvalue weighted by molar-refractivity contribution is 0.0587. The minimum atomic E-state index is -3.06. The fraction of sp³-hybridized carbons (Fsp3) is 0.923. The molecule has 1 fully saturated rings. The Morgan fingerprint density at radius 2 is 1.62 bits per heavy atom. The molecule has 0 atom stereocenters. The van der Waals surface area contributed by atoms with Crippen LogP contribution in [-0.4, -0.2) is 67.7 Å². The standard InChI is InChI=1S/C13H27N2O5P/c1-5-18-21(17,19-6-2)11-14-7-9-15(10-8-14)13(16)20-12(3)4/h12H,5-11H2,1-4H3. The molecule has 0 N–H and O–H groups in total. The van der Waals surface area contributed by atoms with Gasteiger partial charge in [-0.05, 0) is 27.7 Å². The highest BCUT2D eigenvalue weighted by molar-refractivity contribution is 7.53. The molecule has 0 spiro atoms. The maximum Gasteiger partial charge on any atom is 0.410 e. The van der Waals surface area contributed by atoms with Crippen LogP contribution < -0.4 is 0 Å². The number of hydrogen-bond acceptors (Lipinski definition) is 6. The molecule has 7 nitrogen and oxygen atoms in total. The molecule has 0 saturated carbocycles. The Morgan fingerprint density at radius 1 is 1.10 bits per heavy atom. The topological polar surface area (TPSA) is 68.3 Å². The van der Waals surface area contributed by atoms with Crippen LogP contribution in [0.2, 0.25) is 0 Å². The van der Waals surface area contributed by atoms with Gasteiger partial charge in [0.05, 0.1) is 19.3 Å². The number of nitrogens with zero attached hydrogens (tertiary/aromatic N) is 2. The predicted octanol–water partition coefficient (Wildman–Crippen LogP) is 2.37. The van der Waals surface area contributed by atoms with Crippen LogP contribution in [0.4, 0.5) is 4.79 Å². The second kappa shape index (κ2) is 8.73. The summed E-state index contributed by atoms with van der Waals surface area (Å²) in [4.78, 5) is 15.5. The van der Waals surface area contributed by atoms with Crippen molar-refractivity contribution in [3.05, 3.63) is 0 Å². The molecule has 1 aliphatic rings. The number of piperazine rings is 1. The lowest BCUT2D eigenvalue weighted by Gasteiger charge is -2.35. The summed E-state index contributed by atoms with van der Waals surface area (Å²) in [5, 5.41) is 0. The number of hydrogen-bond donors (Lipinski definition) is 0. The van der Waals surface area contributed by atoms with Crippen molar-refractivity contribution in [2.24, 2.45) is 0 Å². The summed E-state index contributed by atoms with van der Waals surface area (Å²) in [6.45, 7) is 10.4. The largest absolute Gasteiger partial charge is 0.447 e. The Bertz CT molecular complexity index is 360. The summed E-state index contributed by atoms with van der Waals surface area (Å²) >= 11 is 0. The van der Waals surface area contributed by atoms with Gasteiger partial charge >= 0.3 is 13.7 Å². The van der Waals surface area contributed by atoms with Crippen LogP contribution in [0.5, 0.6) is 0 Å². The van der Waals surface area contributed by atoms with Crippen LogP contribution in [0.3, 0.4) is 0 Å². The normalized spacial score (nSPS) is 17.3. The summed E-state index contributed by atoms with van der Waals surface area (Å²) in [6, 6.07) is 0. The van der Waals surface area contributed by atoms with Gasteiger partial charge in [-0.1, -0.05) is 0 Å². The fourth-order valence-electron chi connectivity index (χ4n) is 2.11. The van der Waals surface area contributed by atoms with Crippen molar-refractivity contribution in [2.75, 3.05) is 45.7 Å². The fourth-order valence-corrected chi connectivity index (χ4v) is 3.90. The molecule has 0 radical (unpaired) electrons. The van der Waals surface area contributed by atoms with Crippen LogP contribution in [-0.2, 0) is 18.3 Å². The van der Waals surface area contributed by atoms with E-state index < -0.39 is 7.60 Å². The van der Waals surface area contributed by atoms with E-state index in [1.165, 1.54) is 0 Å². The Morgan fingerprint density at radius 3 is 2.05 bits per heavy atom. The molecule has 0 bridgehead atoms. The molecule has 8 heteroatoms. The van der Waals surface area contributed by atoms with Gasteiger partial charge in [-0.25, -0.2) is 4.79 Å². The molecule has 1 heterocycles. The highest BCUT2D eigenvalue weighted by Crippen LogP contribution is 2.48. The Kier molecular flexibility index (Phi) is 7.66. The van der Waals surface area contributed by atoms with Gasteiger partial charge in [0.15, 0.2) is 0 Å². The van der Waals surface area contributed by atoms with Crippen LogP contribution in [0.25, 0.3) is 0 Å². The third-order valence-electron chi connectivity index (χ3n) is 2.99. The maximum atomic E-state index is 12.5. The molecular weight excluding hydrogens is 295 g/mol. The molecule has 0 aromatic carbocycles. The molecule has 1 amide bonds. The lowest BCUT2D eigenvalue weighted by Crippen LogP contribution is -2.49. The Balaban J connectivity index is 2.45. The summed E-state index contributed by atoms with van der Waals surface area (Å²) in [5.41, 5.74) is 0. The molecule has 21 heavy (non-hydrogen) atoms. The van der Waals surface area contributed by atoms with E-state index in [2.05, 4.69) is 0 Å². The summed E-state index contributed by atoms with van der Waals surface area (Å²) < 4.78 is 28.2. The zero-order valence-corrected chi connectivity index (χ0v) is 14.3. The van der Waals surface area contributed by atoms with E-state index in [0.29, 0.717) is 39.4 Å². The zero-order valence-electron chi connectivity index (χ0n) is 13.4. The molecule has 0 aromatic rings. The van der Waals surface area contributed by atoms with Crippen LogP contribution >= 0.6 is 7.60 Å². The zero-order chi connectivity index (χ0) is 15.9. The maximum absolute atomic E-state index is 12.5. The first-order chi connectivity index (χ1) is 9.90. The quantitative estimate of drug-likeness (QED) is 0.670. The molecule has 1 rings (SSSR count). The van der Waals surface area contributed by atoms with Crippen molar-refractivity contribution in [3.8, 4) is 0 Å². The van der Waals surface area contributed by atoms with Crippen molar-refractivity contribution < 1.29 is 23.1 Å². The third-order valence-corrected chi connectivity index (χ3v) is 5.04. The van der Waals surface area contributed by atoms with E-state index in [1.807, 2.05) is 18.7 Å². The predicted molar refractivity (Wildman–Crippen MR) is 80.5 cm³/mol. The number of ether oxygens (including phenoxy) is 1. The average Bonchev–Trinajstić information content (AvgIpc) is 2.39. The summed E-state index contributed by atoms with van der Waals surface area (Å²) in [6.07, 6.45) is -0.143. The van der Waals surface area contributed by atoms with Crippen LogP contribution in [0.1, 0.15) is 27.7 Å². The molecule has 0 aromatic heterocycles. The molecule has 1 aliphatic heterocycles. The van der Waals surface area contributed by atoms with E-state index >= 15 is 0 Å². The van der Waals surface area contributed by atoms with Crippen molar-refractivity contribution in [1.29, 1.82) is 0 Å². The van der Waals surface area contributed by atoms with Gasteiger partial charge < -0.3 is 18.7 Å². The minimum absolute atomic E-state index is 0.119. The Labute approximate surface area is 127 Å². The Hall–Kier alpha value is -0.620. The second-order valence-electron chi connectivity index (χ2n) is 5.13. The van der Waals surface area contributed by atoms with Gasteiger partial charge in [-0.3, -0.25) is 9.46 Å². The highest BCUT2D eigenvalue weighted by Gasteiger charge is 2.30. The monoisotopic (exact) mass is 322 g/mol. The second-order valence-corrected chi connectivity index (χ2v) is 7.15. The molecule has 0 aliphatic carbocycles. The van der Waals surface area contributed by atoms with E-state index in [1.54, 1.807) is 18.7 Å².